The van der Waals surface area contributed by atoms with E-state index in [-0.39, 0.29) is 0 Å². The highest BCUT2D eigenvalue weighted by Crippen LogP contribution is 2.35. The van der Waals surface area contributed by atoms with E-state index < -0.39 is 30.9 Å². The molecule has 9 nitrogen and oxygen atoms in total. The Morgan fingerprint density at radius 1 is 1.00 bits per heavy atom. The Kier molecular flexibility index (Phi) is 8.95. The number of hydrogen-bond acceptors (Lipinski definition) is 7. The molecular formula is C21H23ClN2O7. The van der Waals surface area contributed by atoms with Crippen LogP contribution >= 0.6 is 11.6 Å². The Morgan fingerprint density at radius 2 is 1.68 bits per heavy atom. The highest BCUT2D eigenvalue weighted by Gasteiger charge is 2.15. The van der Waals surface area contributed by atoms with Gasteiger partial charge < -0.3 is 29.6 Å². The molecule has 0 heterocycles. The second-order valence-corrected chi connectivity index (χ2v) is 6.44. The number of hydrogen-bond donors (Lipinski definition) is 2. The molecule has 2 rings (SSSR count). The summed E-state index contributed by atoms with van der Waals surface area (Å²) in [6, 6.07) is 9.43. The maximum Gasteiger partial charge on any atom is 0.325 e. The average Bonchev–Trinajstić information content (AvgIpc) is 2.77. The Bertz CT molecular complexity index is 932. The number of benzene rings is 2. The standard InChI is InChI=1S/C21H23ClN2O7/c1-4-30-14-7-5-13(6-8-14)21(27)23-11-20(26)31-12-19(25)24-16-10-17(28-2)15(22)9-18(16)29-3/h5-10H,4,11-12H2,1-3H3,(H,23,27)(H,24,25). The van der Waals surface area contributed by atoms with Crippen molar-refractivity contribution in [3.05, 3.63) is 47.0 Å². The zero-order valence-electron chi connectivity index (χ0n) is 17.3. The fraction of sp³-hybridized carbons (Fsp3) is 0.286. The molecule has 2 aromatic carbocycles. The molecule has 0 saturated heterocycles. The minimum Gasteiger partial charge on any atom is -0.495 e. The van der Waals surface area contributed by atoms with Crippen molar-refractivity contribution in [2.24, 2.45) is 0 Å². The molecule has 0 bridgehead atoms. The summed E-state index contributed by atoms with van der Waals surface area (Å²) in [6.45, 7) is 1.43. The number of ether oxygens (including phenoxy) is 4. The van der Waals surface area contributed by atoms with E-state index in [0.717, 1.165) is 0 Å². The van der Waals surface area contributed by atoms with Crippen molar-refractivity contribution in [2.45, 2.75) is 6.92 Å². The number of anilines is 1. The number of halogens is 1. The van der Waals surface area contributed by atoms with Gasteiger partial charge in [0.2, 0.25) is 0 Å². The molecule has 2 N–H and O–H groups in total. The van der Waals surface area contributed by atoms with Gasteiger partial charge in [-0.05, 0) is 31.2 Å². The molecule has 0 atom stereocenters. The number of amides is 2. The Labute approximate surface area is 184 Å². The van der Waals surface area contributed by atoms with Crippen LogP contribution in [0.15, 0.2) is 36.4 Å². The smallest absolute Gasteiger partial charge is 0.325 e. The van der Waals surface area contributed by atoms with Gasteiger partial charge in [-0.25, -0.2) is 0 Å². The summed E-state index contributed by atoms with van der Waals surface area (Å²) in [5, 5.41) is 5.28. The zero-order chi connectivity index (χ0) is 22.8. The van der Waals surface area contributed by atoms with E-state index in [4.69, 9.17) is 30.5 Å². The first kappa shape index (κ1) is 23.8. The van der Waals surface area contributed by atoms with Crippen LogP contribution in [0.4, 0.5) is 5.69 Å². The third kappa shape index (κ3) is 7.07. The fourth-order valence-corrected chi connectivity index (χ4v) is 2.70. The number of carbonyl (C=O) groups is 3. The summed E-state index contributed by atoms with van der Waals surface area (Å²) < 4.78 is 20.5. The highest BCUT2D eigenvalue weighted by molar-refractivity contribution is 6.32. The van der Waals surface area contributed by atoms with E-state index in [9.17, 15) is 14.4 Å². The first-order valence-corrected chi connectivity index (χ1v) is 9.63. The minimum atomic E-state index is -0.768. The summed E-state index contributed by atoms with van der Waals surface area (Å²) >= 11 is 6.02. The number of methoxy groups -OCH3 is 2. The fourth-order valence-electron chi connectivity index (χ4n) is 2.47. The summed E-state index contributed by atoms with van der Waals surface area (Å²) in [4.78, 5) is 36.0. The van der Waals surface area contributed by atoms with Crippen molar-refractivity contribution >= 4 is 35.1 Å². The van der Waals surface area contributed by atoms with E-state index in [2.05, 4.69) is 10.6 Å². The lowest BCUT2D eigenvalue weighted by Crippen LogP contribution is -2.32. The minimum absolute atomic E-state index is 0.300. The lowest BCUT2D eigenvalue weighted by molar-refractivity contribution is -0.146. The Balaban J connectivity index is 1.82. The molecule has 2 amide bonds. The molecule has 0 aliphatic carbocycles. The van der Waals surface area contributed by atoms with Crippen molar-refractivity contribution < 1.29 is 33.3 Å². The van der Waals surface area contributed by atoms with E-state index in [0.29, 0.717) is 40.1 Å². The van der Waals surface area contributed by atoms with Gasteiger partial charge in [0.05, 0.1) is 31.5 Å². The number of carbonyl (C=O) groups excluding carboxylic acids is 3. The lowest BCUT2D eigenvalue weighted by atomic mass is 10.2. The number of esters is 1. The quantitative estimate of drug-likeness (QED) is 0.535. The molecule has 166 valence electrons. The van der Waals surface area contributed by atoms with Crippen LogP contribution < -0.4 is 24.8 Å². The van der Waals surface area contributed by atoms with Crippen LogP contribution in [0.3, 0.4) is 0 Å². The molecule has 0 saturated carbocycles. The van der Waals surface area contributed by atoms with E-state index in [1.165, 1.54) is 26.4 Å². The van der Waals surface area contributed by atoms with Crippen molar-refractivity contribution in [1.29, 1.82) is 0 Å². The van der Waals surface area contributed by atoms with Crippen LogP contribution in [0, 0.1) is 0 Å². The first-order valence-electron chi connectivity index (χ1n) is 9.26. The van der Waals surface area contributed by atoms with Gasteiger partial charge in [0.25, 0.3) is 11.8 Å². The van der Waals surface area contributed by atoms with Gasteiger partial charge in [-0.1, -0.05) is 11.6 Å². The van der Waals surface area contributed by atoms with E-state index in [1.807, 2.05) is 6.92 Å². The SMILES string of the molecule is CCOc1ccc(C(=O)NCC(=O)OCC(=O)Nc2cc(OC)c(Cl)cc2OC)cc1. The average molecular weight is 451 g/mol. The lowest BCUT2D eigenvalue weighted by Gasteiger charge is -2.13. The second kappa shape index (κ2) is 11.7. The Morgan fingerprint density at radius 3 is 2.29 bits per heavy atom. The number of rotatable bonds is 10. The van der Waals surface area contributed by atoms with Gasteiger partial charge in [-0.15, -0.1) is 0 Å². The van der Waals surface area contributed by atoms with Gasteiger partial charge in [-0.2, -0.15) is 0 Å². The highest BCUT2D eigenvalue weighted by atomic mass is 35.5. The first-order chi connectivity index (χ1) is 14.9. The molecule has 0 aromatic heterocycles. The predicted molar refractivity (Wildman–Crippen MR) is 114 cm³/mol. The van der Waals surface area contributed by atoms with Crippen LogP contribution in [0.25, 0.3) is 0 Å². The van der Waals surface area contributed by atoms with Crippen molar-refractivity contribution in [1.82, 2.24) is 5.32 Å². The van der Waals surface area contributed by atoms with Crippen molar-refractivity contribution in [3.8, 4) is 17.2 Å². The normalized spacial score (nSPS) is 10.1. The van der Waals surface area contributed by atoms with Crippen molar-refractivity contribution in [3.63, 3.8) is 0 Å². The molecule has 31 heavy (non-hydrogen) atoms. The van der Waals surface area contributed by atoms with Gasteiger partial charge in [0.15, 0.2) is 6.61 Å². The zero-order valence-corrected chi connectivity index (χ0v) is 18.1. The van der Waals surface area contributed by atoms with Crippen LogP contribution in [-0.4, -0.2) is 51.8 Å². The van der Waals surface area contributed by atoms with Gasteiger partial charge in [-0.3, -0.25) is 14.4 Å². The van der Waals surface area contributed by atoms with Crippen LogP contribution in [0.1, 0.15) is 17.3 Å². The van der Waals surface area contributed by atoms with Crippen LogP contribution in [-0.2, 0) is 14.3 Å². The monoisotopic (exact) mass is 450 g/mol. The molecule has 0 aliphatic heterocycles. The largest absolute Gasteiger partial charge is 0.495 e. The summed E-state index contributed by atoms with van der Waals surface area (Å²) in [5.74, 6) is -0.536. The van der Waals surface area contributed by atoms with Crippen molar-refractivity contribution in [2.75, 3.05) is 39.3 Å². The van der Waals surface area contributed by atoms with Gasteiger partial charge in [0, 0.05) is 17.7 Å². The van der Waals surface area contributed by atoms with Crippen LogP contribution in [0.5, 0.6) is 17.2 Å². The molecule has 0 unspecified atom stereocenters. The Hall–Kier alpha value is -3.46. The summed E-state index contributed by atoms with van der Waals surface area (Å²) in [5.41, 5.74) is 0.659. The topological polar surface area (TPSA) is 112 Å². The van der Waals surface area contributed by atoms with Crippen LogP contribution in [0.2, 0.25) is 5.02 Å². The molecule has 0 spiro atoms. The van der Waals surface area contributed by atoms with E-state index >= 15 is 0 Å². The summed E-state index contributed by atoms with van der Waals surface area (Å²) in [6.07, 6.45) is 0. The maximum absolute atomic E-state index is 12.1. The molecule has 2 aromatic rings. The second-order valence-electron chi connectivity index (χ2n) is 6.04. The third-order valence-corrected chi connectivity index (χ3v) is 4.23. The molecular weight excluding hydrogens is 428 g/mol. The van der Waals surface area contributed by atoms with Gasteiger partial charge in [0.1, 0.15) is 23.8 Å². The molecule has 0 fully saturated rings. The van der Waals surface area contributed by atoms with E-state index in [1.54, 1.807) is 24.3 Å². The maximum atomic E-state index is 12.1. The third-order valence-electron chi connectivity index (χ3n) is 3.93. The molecule has 0 radical (unpaired) electrons. The van der Waals surface area contributed by atoms with Gasteiger partial charge >= 0.3 is 5.97 Å². The molecule has 0 aliphatic rings. The number of nitrogens with one attached hydrogen (secondary N) is 2. The molecule has 10 heteroatoms. The predicted octanol–water partition coefficient (Wildman–Crippen LogP) is 2.67. The summed E-state index contributed by atoms with van der Waals surface area (Å²) in [7, 11) is 2.85.